The van der Waals surface area contributed by atoms with E-state index in [2.05, 4.69) is 26.2 Å². The highest BCUT2D eigenvalue weighted by molar-refractivity contribution is 9.10. The summed E-state index contributed by atoms with van der Waals surface area (Å²) in [7, 11) is 0. The maximum Gasteiger partial charge on any atom is 0.264 e. The number of nitrogens with zero attached hydrogens (tertiary/aromatic N) is 1. The van der Waals surface area contributed by atoms with Gasteiger partial charge in [0.05, 0.1) is 15.1 Å². The molecule has 31 heavy (non-hydrogen) atoms. The number of benzene rings is 3. The lowest BCUT2D eigenvalue weighted by Crippen LogP contribution is -2.19. The van der Waals surface area contributed by atoms with Crippen LogP contribution in [0.4, 0.5) is 5.69 Å². The summed E-state index contributed by atoms with van der Waals surface area (Å²) >= 11 is 10.8. The molecule has 3 aromatic rings. The first kappa shape index (κ1) is 21.7. The first-order valence-corrected chi connectivity index (χ1v) is 11.5. The fourth-order valence-corrected chi connectivity index (χ4v) is 4.31. The van der Waals surface area contributed by atoms with Gasteiger partial charge in [0, 0.05) is 5.02 Å². The van der Waals surface area contributed by atoms with Gasteiger partial charge in [-0.25, -0.2) is 4.99 Å². The number of halogens is 2. The summed E-state index contributed by atoms with van der Waals surface area (Å²) in [6, 6.07) is 21.1. The lowest BCUT2D eigenvalue weighted by molar-refractivity contribution is -0.115. The Bertz CT molecular complexity index is 1180. The van der Waals surface area contributed by atoms with Gasteiger partial charge in [-0.15, -0.1) is 0 Å². The summed E-state index contributed by atoms with van der Waals surface area (Å²) in [4.78, 5) is 17.4. The van der Waals surface area contributed by atoms with Crippen LogP contribution in [0.25, 0.3) is 6.08 Å². The minimum atomic E-state index is -0.157. The Hall–Kier alpha value is -2.54. The van der Waals surface area contributed by atoms with Gasteiger partial charge in [-0.1, -0.05) is 47.5 Å². The van der Waals surface area contributed by atoms with Gasteiger partial charge in [-0.05, 0) is 88.2 Å². The van der Waals surface area contributed by atoms with E-state index in [4.69, 9.17) is 16.3 Å². The van der Waals surface area contributed by atoms with Crippen LogP contribution in [0.1, 0.15) is 16.7 Å². The average molecular weight is 514 g/mol. The number of hydrogen-bond acceptors (Lipinski definition) is 4. The van der Waals surface area contributed by atoms with Crippen molar-refractivity contribution in [2.75, 3.05) is 0 Å². The van der Waals surface area contributed by atoms with E-state index >= 15 is 0 Å². The number of aryl methyl sites for hydroxylation is 1. The molecule has 1 saturated heterocycles. The van der Waals surface area contributed by atoms with Crippen molar-refractivity contribution in [1.82, 2.24) is 5.32 Å². The van der Waals surface area contributed by atoms with Crippen molar-refractivity contribution in [1.29, 1.82) is 0 Å². The molecular formula is C24H18BrClN2O2S. The number of rotatable bonds is 5. The molecule has 1 N–H and O–H groups in total. The molecular weight excluding hydrogens is 496 g/mol. The molecule has 7 heteroatoms. The molecule has 0 bridgehead atoms. The summed E-state index contributed by atoms with van der Waals surface area (Å²) in [5, 5.41) is 4.08. The Morgan fingerprint density at radius 1 is 1.10 bits per heavy atom. The number of nitrogens with one attached hydrogen (secondary N) is 1. The maximum absolute atomic E-state index is 12.3. The lowest BCUT2D eigenvalue weighted by atomic mass is 10.2. The van der Waals surface area contributed by atoms with Crippen LogP contribution in [0, 0.1) is 6.92 Å². The number of hydrogen-bond donors (Lipinski definition) is 1. The van der Waals surface area contributed by atoms with Gasteiger partial charge in [0.2, 0.25) is 0 Å². The van der Waals surface area contributed by atoms with Gasteiger partial charge in [0.15, 0.2) is 5.17 Å². The number of carbonyl (C=O) groups excluding carboxylic acids is 1. The van der Waals surface area contributed by atoms with E-state index < -0.39 is 0 Å². The topological polar surface area (TPSA) is 50.7 Å². The van der Waals surface area contributed by atoms with Crippen LogP contribution >= 0.6 is 39.3 Å². The van der Waals surface area contributed by atoms with E-state index in [0.29, 0.717) is 21.7 Å². The van der Waals surface area contributed by atoms with Crippen molar-refractivity contribution in [2.24, 2.45) is 4.99 Å². The number of amidine groups is 1. The fourth-order valence-electron chi connectivity index (χ4n) is 2.83. The van der Waals surface area contributed by atoms with Gasteiger partial charge in [0.25, 0.3) is 5.91 Å². The Kier molecular flexibility index (Phi) is 6.80. The summed E-state index contributed by atoms with van der Waals surface area (Å²) in [5.74, 6) is 0.567. The highest BCUT2D eigenvalue weighted by atomic mass is 79.9. The van der Waals surface area contributed by atoms with Crippen molar-refractivity contribution < 1.29 is 9.53 Å². The fraction of sp³-hybridized carbons (Fsp3) is 0.0833. The normalized spacial score (nSPS) is 16.0. The lowest BCUT2D eigenvalue weighted by Gasteiger charge is -2.09. The third-order valence-corrected chi connectivity index (χ3v) is 6.26. The SMILES string of the molecule is Cc1ccc(N=C2NC(=O)/C(=C/c3ccc(OCc4ccc(Cl)cc4)c(Br)c3)S2)cc1. The molecule has 4 nitrogen and oxygen atoms in total. The monoisotopic (exact) mass is 512 g/mol. The molecule has 0 aliphatic carbocycles. The molecule has 3 aromatic carbocycles. The van der Waals surface area contributed by atoms with Crippen molar-refractivity contribution in [3.63, 3.8) is 0 Å². The Balaban J connectivity index is 1.44. The smallest absolute Gasteiger partial charge is 0.264 e. The highest BCUT2D eigenvalue weighted by Crippen LogP contribution is 2.31. The van der Waals surface area contributed by atoms with E-state index in [0.717, 1.165) is 27.0 Å². The van der Waals surface area contributed by atoms with Crippen LogP contribution in [0.5, 0.6) is 5.75 Å². The van der Waals surface area contributed by atoms with Crippen molar-refractivity contribution >= 4 is 62.1 Å². The molecule has 0 saturated carbocycles. The maximum atomic E-state index is 12.3. The molecule has 1 aliphatic heterocycles. The van der Waals surface area contributed by atoms with Crippen LogP contribution in [0.15, 0.2) is 81.1 Å². The summed E-state index contributed by atoms with van der Waals surface area (Å²) in [5.41, 5.74) is 3.89. The molecule has 0 spiro atoms. The van der Waals surface area contributed by atoms with Crippen molar-refractivity contribution in [2.45, 2.75) is 13.5 Å². The van der Waals surface area contributed by atoms with Crippen LogP contribution in [0.3, 0.4) is 0 Å². The molecule has 156 valence electrons. The zero-order valence-corrected chi connectivity index (χ0v) is 19.7. The molecule has 0 radical (unpaired) electrons. The number of ether oxygens (including phenoxy) is 1. The first-order valence-electron chi connectivity index (χ1n) is 9.49. The zero-order valence-electron chi connectivity index (χ0n) is 16.6. The third kappa shape index (κ3) is 5.79. The van der Waals surface area contributed by atoms with Crippen LogP contribution in [-0.2, 0) is 11.4 Å². The largest absolute Gasteiger partial charge is 0.488 e. The predicted octanol–water partition coefficient (Wildman–Crippen LogP) is 6.88. The standard InChI is InChI=1S/C24H18BrClN2O2S/c1-15-2-9-19(10-3-15)27-24-28-23(29)22(31-24)13-17-6-11-21(20(25)12-17)30-14-16-4-7-18(26)8-5-16/h2-13H,14H2,1H3,(H,27,28,29)/b22-13-. The Labute approximate surface area is 198 Å². The molecule has 1 fully saturated rings. The Morgan fingerprint density at radius 2 is 1.84 bits per heavy atom. The van der Waals surface area contributed by atoms with E-state index in [1.54, 1.807) is 0 Å². The second-order valence-electron chi connectivity index (χ2n) is 6.92. The third-order valence-electron chi connectivity index (χ3n) is 4.48. The number of thioether (sulfide) groups is 1. The van der Waals surface area contributed by atoms with E-state index in [1.165, 1.54) is 17.3 Å². The molecule has 0 unspecified atom stereocenters. The first-order chi connectivity index (χ1) is 15.0. The number of carbonyl (C=O) groups is 1. The zero-order chi connectivity index (χ0) is 21.8. The van der Waals surface area contributed by atoms with Crippen LogP contribution < -0.4 is 10.1 Å². The van der Waals surface area contributed by atoms with E-state index in [-0.39, 0.29) is 5.91 Å². The van der Waals surface area contributed by atoms with Gasteiger partial charge >= 0.3 is 0 Å². The summed E-state index contributed by atoms with van der Waals surface area (Å²) < 4.78 is 6.70. The quantitative estimate of drug-likeness (QED) is 0.378. The van der Waals surface area contributed by atoms with Gasteiger partial charge in [0.1, 0.15) is 12.4 Å². The van der Waals surface area contributed by atoms with E-state index in [1.807, 2.05) is 79.7 Å². The molecule has 4 rings (SSSR count). The van der Waals surface area contributed by atoms with Gasteiger partial charge < -0.3 is 10.1 Å². The molecule has 1 aliphatic rings. The second-order valence-corrected chi connectivity index (χ2v) is 9.24. The molecule has 0 aromatic heterocycles. The average Bonchev–Trinajstić information content (AvgIpc) is 3.09. The minimum absolute atomic E-state index is 0.157. The van der Waals surface area contributed by atoms with Gasteiger partial charge in [-0.3, -0.25) is 4.79 Å². The van der Waals surface area contributed by atoms with E-state index in [9.17, 15) is 4.79 Å². The number of aliphatic imine (C=N–C) groups is 1. The van der Waals surface area contributed by atoms with Crippen molar-refractivity contribution in [3.05, 3.63) is 97.8 Å². The summed E-state index contributed by atoms with van der Waals surface area (Å²) in [6.45, 7) is 2.46. The highest BCUT2D eigenvalue weighted by Gasteiger charge is 2.23. The van der Waals surface area contributed by atoms with Crippen LogP contribution in [0.2, 0.25) is 5.02 Å². The molecule has 1 heterocycles. The molecule has 0 atom stereocenters. The summed E-state index contributed by atoms with van der Waals surface area (Å²) in [6.07, 6.45) is 1.84. The number of amides is 1. The Morgan fingerprint density at radius 3 is 2.55 bits per heavy atom. The second kappa shape index (κ2) is 9.73. The van der Waals surface area contributed by atoms with Crippen molar-refractivity contribution in [3.8, 4) is 5.75 Å². The molecule has 1 amide bonds. The minimum Gasteiger partial charge on any atom is -0.488 e. The predicted molar refractivity (Wildman–Crippen MR) is 132 cm³/mol. The van der Waals surface area contributed by atoms with Crippen LogP contribution in [-0.4, -0.2) is 11.1 Å². The van der Waals surface area contributed by atoms with Gasteiger partial charge in [-0.2, -0.15) is 0 Å².